The van der Waals surface area contributed by atoms with Crippen LogP contribution >= 0.6 is 34.0 Å². The number of aromatic nitrogens is 8. The molecule has 0 fully saturated rings. The maximum atomic E-state index is 5.26. The van der Waals surface area contributed by atoms with E-state index in [1.807, 2.05) is 155 Å². The predicted molar refractivity (Wildman–Crippen MR) is 617 cm³/mol. The lowest BCUT2D eigenvalue weighted by Crippen LogP contribution is -2.09. The molecule has 29 rings (SSSR count). The molecule has 0 aliphatic rings. The maximum Gasteiger partial charge on any atom is 0.0973 e. The van der Waals surface area contributed by atoms with Gasteiger partial charge in [0.2, 0.25) is 0 Å². The van der Waals surface area contributed by atoms with Gasteiger partial charge in [0, 0.05) is 122 Å². The van der Waals surface area contributed by atoms with Crippen LogP contribution in [0.5, 0.6) is 0 Å². The minimum atomic E-state index is 0.823. The van der Waals surface area contributed by atoms with Gasteiger partial charge in [0.15, 0.2) is 0 Å². The first-order valence-corrected chi connectivity index (χ1v) is 51.4. The zero-order chi connectivity index (χ0) is 96.5. The second kappa shape index (κ2) is 37.1. The van der Waals surface area contributed by atoms with E-state index in [9.17, 15) is 0 Å². The molecule has 0 aliphatic heterocycles. The van der Waals surface area contributed by atoms with E-state index >= 15 is 0 Å². The van der Waals surface area contributed by atoms with E-state index in [0.717, 1.165) is 151 Å². The van der Waals surface area contributed by atoms with Gasteiger partial charge >= 0.3 is 0 Å². The van der Waals surface area contributed by atoms with Crippen LogP contribution in [-0.4, -0.2) is 39.9 Å². The Balaban J connectivity index is 0.000000109. The fraction of sp³-hybridized carbons (Fsp3) is 0. The molecule has 0 amide bonds. The Kier molecular flexibility index (Phi) is 22.0. The molecule has 0 N–H and O–H groups in total. The summed E-state index contributed by atoms with van der Waals surface area (Å²) >= 11 is 5.55. The average molecular weight is 1920 g/mol. The Labute approximate surface area is 853 Å². The van der Waals surface area contributed by atoms with Crippen molar-refractivity contribution in [2.45, 2.75) is 0 Å². The second-order valence-corrected chi connectivity index (χ2v) is 39.8. The minimum absolute atomic E-state index is 0.823. The highest BCUT2D eigenvalue weighted by Gasteiger charge is 2.25. The highest BCUT2D eigenvalue weighted by molar-refractivity contribution is 7.26. The van der Waals surface area contributed by atoms with Crippen LogP contribution < -0.4 is 4.90 Å². The van der Waals surface area contributed by atoms with Gasteiger partial charge in [0.1, 0.15) is 0 Å². The van der Waals surface area contributed by atoms with E-state index < -0.39 is 0 Å². The standard InChI is InChI=1S/C46H28N4S.C44H29N3S.C44H26N2S/c1-2-12-30(13-3-1)43-45(49-38-20-7-5-18-36(38)47-43)32-14-10-15-33(28-32)46-44(48-37-19-6-8-21-39(37)50-46)31-26-24-29(25-27-31)34-17-11-23-41-42(34)35-16-4-9-22-40(35)51-41;1-3-14-33(15-4-1)47(34-16-5-2-6-17-34)35-18-11-13-32(29-35)44-43(45-38-21-8-9-22-39(38)46-44)31-27-25-30(26-28-31)36-20-12-24-41-42(36)37-19-7-10-23-40(37)48-41;1-2-12-33-31(10-1)32-11-3-4-13-34(32)37-26-29(24-25-35(33)37)44-43(45-38-16-6-7-17-39(38)46-44)28-22-20-27(21-23-28)30-15-9-19-41-42(30)36-14-5-8-18-40(36)47-41/h1-28H;1-29H;1-26H. The smallest absolute Gasteiger partial charge is 0.0973 e. The Morgan fingerprint density at radius 1 is 0.130 bits per heavy atom. The molecule has 0 saturated heterocycles. The molecule has 0 saturated carbocycles. The number of thiophene rings is 3. The number of anilines is 3. The molecule has 7 aromatic heterocycles. The first-order valence-electron chi connectivity index (χ1n) is 49.0. The molecule has 22 aromatic carbocycles. The predicted octanol–water partition coefficient (Wildman–Crippen LogP) is 37.2. The summed E-state index contributed by atoms with van der Waals surface area (Å²) in [5, 5.41) is 15.4. The van der Waals surface area contributed by atoms with Gasteiger partial charge in [-0.2, -0.15) is 0 Å². The molecule has 682 valence electrons. The van der Waals surface area contributed by atoms with Crippen LogP contribution in [0.25, 0.3) is 260 Å². The molecule has 0 atom stereocenters. The molecular formula is C134H83N9S3. The molecule has 29 aromatic rings. The van der Waals surface area contributed by atoms with Crippen LogP contribution in [0.15, 0.2) is 504 Å². The fourth-order valence-corrected chi connectivity index (χ4v) is 24.3. The van der Waals surface area contributed by atoms with Gasteiger partial charge in [-0.25, -0.2) is 39.9 Å². The molecule has 0 unspecified atom stereocenters. The number of fused-ring (bicyclic) bond motifs is 19. The van der Waals surface area contributed by atoms with Gasteiger partial charge in [-0.1, -0.05) is 370 Å². The van der Waals surface area contributed by atoms with Crippen molar-refractivity contribution in [3.8, 4) is 123 Å². The van der Waals surface area contributed by atoms with E-state index in [1.165, 1.54) is 126 Å². The number of hydrogen-bond donors (Lipinski definition) is 0. The molecule has 0 bridgehead atoms. The minimum Gasteiger partial charge on any atom is -0.310 e. The van der Waals surface area contributed by atoms with Gasteiger partial charge in [-0.15, -0.1) is 34.0 Å². The molecule has 0 spiro atoms. The Bertz CT molecular complexity index is 10100. The van der Waals surface area contributed by atoms with E-state index in [0.29, 0.717) is 0 Å². The lowest BCUT2D eigenvalue weighted by atomic mass is 9.92. The van der Waals surface area contributed by atoms with Gasteiger partial charge in [-0.05, 0) is 199 Å². The van der Waals surface area contributed by atoms with Crippen molar-refractivity contribution in [2.75, 3.05) is 4.90 Å². The monoisotopic (exact) mass is 1910 g/mol. The lowest BCUT2D eigenvalue weighted by molar-refractivity contribution is 1.27. The third-order valence-electron chi connectivity index (χ3n) is 27.8. The van der Waals surface area contributed by atoms with E-state index in [2.05, 4.69) is 387 Å². The van der Waals surface area contributed by atoms with Crippen LogP contribution in [-0.2, 0) is 0 Å². The Hall–Kier alpha value is -18.6. The van der Waals surface area contributed by atoms with Gasteiger partial charge in [0.25, 0.3) is 0 Å². The van der Waals surface area contributed by atoms with Crippen molar-refractivity contribution in [3.05, 3.63) is 504 Å². The lowest BCUT2D eigenvalue weighted by Gasteiger charge is -2.26. The van der Waals surface area contributed by atoms with Crippen molar-refractivity contribution >= 4 is 188 Å². The zero-order valence-electron chi connectivity index (χ0n) is 78.7. The summed E-state index contributed by atoms with van der Waals surface area (Å²) in [7, 11) is 0. The quantitative estimate of drug-likeness (QED) is 0.0984. The number of benzene rings is 22. The van der Waals surface area contributed by atoms with Crippen LogP contribution in [0.1, 0.15) is 0 Å². The molecule has 146 heavy (non-hydrogen) atoms. The van der Waals surface area contributed by atoms with Crippen molar-refractivity contribution in [3.63, 3.8) is 0 Å². The first-order chi connectivity index (χ1) is 72.4. The first kappa shape index (κ1) is 86.5. The number of nitrogens with zero attached hydrogens (tertiary/aromatic N) is 9. The molecule has 12 heteroatoms. The molecular weight excluding hydrogens is 1830 g/mol. The molecule has 7 heterocycles. The van der Waals surface area contributed by atoms with Crippen LogP contribution in [0.4, 0.5) is 17.1 Å². The molecule has 0 radical (unpaired) electrons. The van der Waals surface area contributed by atoms with Gasteiger partial charge in [0.05, 0.1) is 89.7 Å². The fourth-order valence-electron chi connectivity index (χ4n) is 20.9. The summed E-state index contributed by atoms with van der Waals surface area (Å²) in [4.78, 5) is 44.0. The molecule has 9 nitrogen and oxygen atoms in total. The summed E-state index contributed by atoms with van der Waals surface area (Å²) in [5.41, 5.74) is 32.4. The highest BCUT2D eigenvalue weighted by atomic mass is 32.1. The van der Waals surface area contributed by atoms with Crippen LogP contribution in [0, 0.1) is 0 Å². The summed E-state index contributed by atoms with van der Waals surface area (Å²) in [6.07, 6.45) is 0. The third-order valence-corrected chi connectivity index (χ3v) is 31.2. The SMILES string of the molecule is c1ccc(-c2nc3ccccc3nc2-c2cccc(-c3nc4ccccc4nc3-c3ccc(-c4cccc5sc6ccccc6c45)cc3)c2)cc1.c1ccc(N(c2ccccc2)c2cccc(-c3nc4ccccc4nc3-c3ccc(-c4cccc5sc6ccccc6c45)cc3)c2)cc1.c1ccc2nc(-c3ccc4c5ccccc5c5ccccc5c4c3)c(-c3ccc(-c4cccc5sc6ccccc6c45)cc3)nc2c1. The van der Waals surface area contributed by atoms with Crippen LogP contribution in [0.2, 0.25) is 0 Å². The summed E-state index contributed by atoms with van der Waals surface area (Å²) in [6.45, 7) is 0. The topological polar surface area (TPSA) is 106 Å². The third kappa shape index (κ3) is 15.9. The maximum absolute atomic E-state index is 5.26. The normalized spacial score (nSPS) is 11.6. The van der Waals surface area contributed by atoms with Crippen molar-refractivity contribution < 1.29 is 0 Å². The summed E-state index contributed by atoms with van der Waals surface area (Å²) < 4.78 is 7.85. The second-order valence-electron chi connectivity index (χ2n) is 36.6. The number of para-hydroxylation sites is 10. The molecule has 0 aliphatic carbocycles. The zero-order valence-corrected chi connectivity index (χ0v) is 81.1. The highest BCUT2D eigenvalue weighted by Crippen LogP contribution is 2.49. The Morgan fingerprint density at radius 3 is 0.678 bits per heavy atom. The summed E-state index contributed by atoms with van der Waals surface area (Å²) in [6, 6.07) is 177. The van der Waals surface area contributed by atoms with Crippen molar-refractivity contribution in [1.82, 2.24) is 39.9 Å². The van der Waals surface area contributed by atoms with Crippen molar-refractivity contribution in [1.29, 1.82) is 0 Å². The number of rotatable bonds is 14. The number of hydrogen-bond acceptors (Lipinski definition) is 12. The summed E-state index contributed by atoms with van der Waals surface area (Å²) in [5.74, 6) is 0. The van der Waals surface area contributed by atoms with E-state index in [-0.39, 0.29) is 0 Å². The van der Waals surface area contributed by atoms with E-state index in [1.54, 1.807) is 0 Å². The largest absolute Gasteiger partial charge is 0.310 e. The average Bonchev–Trinajstić information content (AvgIpc) is 0.950. The van der Waals surface area contributed by atoms with Crippen molar-refractivity contribution in [2.24, 2.45) is 0 Å². The Morgan fingerprint density at radius 2 is 0.342 bits per heavy atom. The van der Waals surface area contributed by atoms with Crippen LogP contribution in [0.3, 0.4) is 0 Å². The van der Waals surface area contributed by atoms with Gasteiger partial charge in [-0.3, -0.25) is 0 Å². The van der Waals surface area contributed by atoms with E-state index in [4.69, 9.17) is 39.9 Å². The van der Waals surface area contributed by atoms with Gasteiger partial charge < -0.3 is 4.90 Å².